The fourth-order valence-corrected chi connectivity index (χ4v) is 3.79. The molecule has 8 nitrogen and oxygen atoms in total. The van der Waals surface area contributed by atoms with E-state index in [9.17, 15) is 4.39 Å². The number of amidine groups is 1. The number of hydrogen-bond donors (Lipinski definition) is 2. The van der Waals surface area contributed by atoms with Crippen LogP contribution in [0.4, 0.5) is 15.9 Å². The molecule has 0 aliphatic heterocycles. The molecule has 0 unspecified atom stereocenters. The number of aryl methyl sites for hydroxylation is 2. The Morgan fingerprint density at radius 1 is 1.34 bits per heavy atom. The molecule has 204 valence electrons. The van der Waals surface area contributed by atoms with Crippen LogP contribution in [0.3, 0.4) is 0 Å². The molecule has 1 saturated carbocycles. The predicted octanol–water partition coefficient (Wildman–Crippen LogP) is 6.76. The molecule has 0 atom stereocenters. The molecule has 2 heterocycles. The molecule has 1 aliphatic rings. The summed E-state index contributed by atoms with van der Waals surface area (Å²) in [5.74, 6) is 1.77. The highest BCUT2D eigenvalue weighted by atomic mass is 32.2. The first-order valence-electron chi connectivity index (χ1n) is 12.7. The Balaban J connectivity index is 0.00000127. The van der Waals surface area contributed by atoms with E-state index in [1.807, 2.05) is 45.5 Å². The number of rotatable bonds is 9. The van der Waals surface area contributed by atoms with Gasteiger partial charge in [-0.3, -0.25) is 9.78 Å². The van der Waals surface area contributed by atoms with Gasteiger partial charge in [-0.2, -0.15) is 10.2 Å². The highest BCUT2D eigenvalue weighted by Crippen LogP contribution is 2.34. The summed E-state index contributed by atoms with van der Waals surface area (Å²) in [6.07, 6.45) is 8.81. The highest BCUT2D eigenvalue weighted by molar-refractivity contribution is 7.98. The number of allylic oxidation sites excluding steroid dienone is 1. The van der Waals surface area contributed by atoms with Crippen molar-refractivity contribution in [3.05, 3.63) is 71.9 Å². The minimum atomic E-state index is -0.315. The van der Waals surface area contributed by atoms with Gasteiger partial charge in [-0.25, -0.2) is 9.38 Å². The number of aliphatic imine (C=N–C) groups is 1. The van der Waals surface area contributed by atoms with Crippen LogP contribution < -0.4 is 10.2 Å². The zero-order chi connectivity index (χ0) is 27.8. The lowest BCUT2D eigenvalue weighted by Crippen LogP contribution is -2.25. The van der Waals surface area contributed by atoms with Gasteiger partial charge < -0.3 is 15.0 Å². The number of nitrogens with zero attached hydrogens (tertiary/aromatic N) is 5. The van der Waals surface area contributed by atoms with Gasteiger partial charge in [0.1, 0.15) is 11.7 Å². The molecule has 0 bridgehead atoms. The maximum absolute atomic E-state index is 14.8. The van der Waals surface area contributed by atoms with Crippen LogP contribution >= 0.6 is 11.8 Å². The maximum atomic E-state index is 14.8. The van der Waals surface area contributed by atoms with Crippen molar-refractivity contribution in [2.24, 2.45) is 12.0 Å². The van der Waals surface area contributed by atoms with Crippen LogP contribution in [0.15, 0.2) is 64.7 Å². The predicted molar refractivity (Wildman–Crippen MR) is 156 cm³/mol. The zero-order valence-electron chi connectivity index (χ0n) is 23.3. The Morgan fingerprint density at radius 2 is 2.05 bits per heavy atom. The fraction of sp³-hybridized carbons (Fsp3) is 0.393. The van der Waals surface area contributed by atoms with Crippen molar-refractivity contribution in [2.75, 3.05) is 23.5 Å². The number of benzene rings is 1. The van der Waals surface area contributed by atoms with Gasteiger partial charge in [0.2, 0.25) is 0 Å². The fourth-order valence-electron chi connectivity index (χ4n) is 3.37. The van der Waals surface area contributed by atoms with Crippen LogP contribution in [0.2, 0.25) is 0 Å². The molecule has 10 heteroatoms. The third kappa shape index (κ3) is 7.74. The van der Waals surface area contributed by atoms with Crippen molar-refractivity contribution >= 4 is 34.7 Å². The largest absolute Gasteiger partial charge is 0.486 e. The van der Waals surface area contributed by atoms with E-state index in [1.165, 1.54) is 24.2 Å². The standard InChI is InChI=1S/C25H30FN7OS.C3H8/c1-15-11-23(31-30-15)29-25(24(34-19-7-8-19)16(2)18-13-27-32(4)14-18)28-17(3)33(5)22-10-9-20(35-6)12-21(22)26;1-3-2/h9-14,19H,2,7-8H2,1,3-6H3,(H2,29,30,31);3H2,1-2H3/b25-24-,28-17+;. The van der Waals surface area contributed by atoms with Gasteiger partial charge in [-0.1, -0.05) is 26.8 Å². The lowest BCUT2D eigenvalue weighted by Gasteiger charge is -2.22. The summed E-state index contributed by atoms with van der Waals surface area (Å²) in [6.45, 7) is 12.3. The summed E-state index contributed by atoms with van der Waals surface area (Å²) in [5.41, 5.74) is 2.79. The summed E-state index contributed by atoms with van der Waals surface area (Å²) in [4.78, 5) is 7.41. The van der Waals surface area contributed by atoms with Gasteiger partial charge in [-0.05, 0) is 51.1 Å². The van der Waals surface area contributed by atoms with Gasteiger partial charge in [0.15, 0.2) is 17.4 Å². The molecule has 38 heavy (non-hydrogen) atoms. The third-order valence-electron chi connectivity index (χ3n) is 5.58. The Kier molecular flexibility index (Phi) is 10.2. The molecule has 0 saturated heterocycles. The molecule has 0 spiro atoms. The lowest BCUT2D eigenvalue weighted by atomic mass is 10.1. The summed E-state index contributed by atoms with van der Waals surface area (Å²) in [6, 6.07) is 7.04. The van der Waals surface area contributed by atoms with Crippen molar-refractivity contribution in [1.29, 1.82) is 0 Å². The number of thioether (sulfide) groups is 1. The first kappa shape index (κ1) is 29.0. The molecule has 3 aromatic rings. The number of aromatic amines is 1. The third-order valence-corrected chi connectivity index (χ3v) is 6.30. The maximum Gasteiger partial charge on any atom is 0.176 e. The lowest BCUT2D eigenvalue weighted by molar-refractivity contribution is 0.209. The Bertz CT molecular complexity index is 1310. The van der Waals surface area contributed by atoms with Gasteiger partial charge in [0.25, 0.3) is 0 Å². The van der Waals surface area contributed by atoms with Crippen molar-refractivity contribution in [3.8, 4) is 0 Å². The quantitative estimate of drug-likeness (QED) is 0.103. The first-order valence-corrected chi connectivity index (χ1v) is 13.9. The minimum absolute atomic E-state index is 0.0981. The van der Waals surface area contributed by atoms with E-state index in [1.54, 1.807) is 28.9 Å². The topological polar surface area (TPSA) is 83.4 Å². The molecular formula is C28H38FN7OS. The average Bonchev–Trinajstić information content (AvgIpc) is 3.46. The van der Waals surface area contributed by atoms with Gasteiger partial charge in [0.05, 0.1) is 18.0 Å². The Labute approximate surface area is 229 Å². The monoisotopic (exact) mass is 539 g/mol. The van der Waals surface area contributed by atoms with Crippen molar-refractivity contribution in [2.45, 2.75) is 58.0 Å². The Morgan fingerprint density at radius 3 is 2.58 bits per heavy atom. The number of ether oxygens (including phenoxy) is 1. The van der Waals surface area contributed by atoms with Crippen LogP contribution in [0.5, 0.6) is 0 Å². The number of halogens is 1. The second-order valence-electron chi connectivity index (χ2n) is 9.18. The van der Waals surface area contributed by atoms with E-state index in [4.69, 9.17) is 9.73 Å². The summed E-state index contributed by atoms with van der Waals surface area (Å²) < 4.78 is 22.8. The summed E-state index contributed by atoms with van der Waals surface area (Å²) in [7, 11) is 3.63. The molecule has 4 rings (SSSR count). The van der Waals surface area contributed by atoms with E-state index < -0.39 is 0 Å². The van der Waals surface area contributed by atoms with Crippen LogP contribution in [-0.2, 0) is 11.8 Å². The smallest absolute Gasteiger partial charge is 0.176 e. The normalized spacial score (nSPS) is 13.8. The van der Waals surface area contributed by atoms with E-state index in [-0.39, 0.29) is 11.9 Å². The van der Waals surface area contributed by atoms with Gasteiger partial charge in [-0.15, -0.1) is 11.8 Å². The summed E-state index contributed by atoms with van der Waals surface area (Å²) >= 11 is 1.49. The van der Waals surface area contributed by atoms with E-state index in [2.05, 4.69) is 41.0 Å². The van der Waals surface area contributed by atoms with Gasteiger partial charge in [0, 0.05) is 48.1 Å². The second-order valence-corrected chi connectivity index (χ2v) is 10.1. The van der Waals surface area contributed by atoms with Crippen molar-refractivity contribution < 1.29 is 9.13 Å². The van der Waals surface area contributed by atoms with Crippen LogP contribution in [0, 0.1) is 12.7 Å². The number of aromatic nitrogens is 4. The van der Waals surface area contributed by atoms with Crippen molar-refractivity contribution in [3.63, 3.8) is 0 Å². The average molecular weight is 540 g/mol. The van der Waals surface area contributed by atoms with Crippen LogP contribution in [0.25, 0.3) is 5.57 Å². The minimum Gasteiger partial charge on any atom is -0.486 e. The van der Waals surface area contributed by atoms with E-state index >= 15 is 0 Å². The highest BCUT2D eigenvalue weighted by Gasteiger charge is 2.28. The zero-order valence-corrected chi connectivity index (χ0v) is 24.1. The van der Waals surface area contributed by atoms with Crippen LogP contribution in [0.1, 0.15) is 51.3 Å². The molecule has 2 aromatic heterocycles. The number of nitrogens with one attached hydrogen (secondary N) is 2. The SMILES string of the molecule is C=C(/C(OC1CC1)=C(\N=C(/C)N(C)c1ccc(SC)cc1F)Nc1cc(C)[nH]n1)c1cnn(C)c1.CCC. The molecule has 2 N–H and O–H groups in total. The van der Waals surface area contributed by atoms with Crippen LogP contribution in [-0.4, -0.2) is 45.2 Å². The first-order chi connectivity index (χ1) is 18.2. The van der Waals surface area contributed by atoms with Crippen molar-refractivity contribution in [1.82, 2.24) is 20.0 Å². The Hall–Kier alpha value is -3.53. The summed E-state index contributed by atoms with van der Waals surface area (Å²) in [5, 5.41) is 14.8. The second kappa shape index (κ2) is 13.3. The molecular weight excluding hydrogens is 501 g/mol. The molecule has 1 fully saturated rings. The van der Waals surface area contributed by atoms with E-state index in [0.717, 1.165) is 29.0 Å². The number of hydrogen-bond acceptors (Lipinski definition) is 6. The molecule has 0 amide bonds. The molecule has 0 radical (unpaired) electrons. The molecule has 1 aliphatic carbocycles. The van der Waals surface area contributed by atoms with Gasteiger partial charge >= 0.3 is 0 Å². The number of anilines is 2. The van der Waals surface area contributed by atoms with E-state index in [0.29, 0.717) is 34.5 Å². The molecule has 1 aromatic carbocycles. The number of H-pyrrole nitrogens is 1.